The number of hydrogen-bond donors (Lipinski definition) is 2. The minimum atomic E-state index is 0.255. The van der Waals surface area contributed by atoms with Crippen LogP contribution >= 0.6 is 0 Å². The summed E-state index contributed by atoms with van der Waals surface area (Å²) in [5.41, 5.74) is 5.52. The second kappa shape index (κ2) is 4.23. The smallest absolute Gasteiger partial charge is 0.218 e. The molecule has 0 spiro atoms. The van der Waals surface area contributed by atoms with Gasteiger partial charge in [-0.2, -0.15) is 0 Å². The molecule has 76 valence electrons. The predicted molar refractivity (Wildman–Crippen MR) is 53.0 cm³/mol. The summed E-state index contributed by atoms with van der Waals surface area (Å²) in [6, 6.07) is 1.65. The van der Waals surface area contributed by atoms with E-state index in [4.69, 9.17) is 10.5 Å². The summed E-state index contributed by atoms with van der Waals surface area (Å²) in [5.74, 6) is 1.02. The van der Waals surface area contributed by atoms with Crippen LogP contribution in [-0.2, 0) is 0 Å². The summed E-state index contributed by atoms with van der Waals surface area (Å²) >= 11 is 0. The Kier molecular flexibility index (Phi) is 2.78. The Morgan fingerprint density at radius 1 is 1.36 bits per heavy atom. The van der Waals surface area contributed by atoms with Gasteiger partial charge in [-0.1, -0.05) is 0 Å². The lowest BCUT2D eigenvalue weighted by molar-refractivity contribution is 0.156. The molecule has 0 unspecified atom stereocenters. The molecule has 1 aliphatic rings. The highest BCUT2D eigenvalue weighted by atomic mass is 16.5. The number of nitrogen functional groups attached to an aromatic ring is 1. The Labute approximate surface area is 82.7 Å². The van der Waals surface area contributed by atoms with Gasteiger partial charge in [0.25, 0.3) is 0 Å². The zero-order chi connectivity index (χ0) is 9.80. The Morgan fingerprint density at radius 2 is 2.14 bits per heavy atom. The monoisotopic (exact) mass is 194 g/mol. The van der Waals surface area contributed by atoms with Crippen molar-refractivity contribution in [3.8, 4) is 5.88 Å². The predicted octanol–water partition coefficient (Wildman–Crippen LogP) is 0.190. The SMILES string of the molecule is Nc1cc(OC2CCNCC2)ncn1. The number of aromatic nitrogens is 2. The fourth-order valence-corrected chi connectivity index (χ4v) is 1.50. The number of nitrogens with zero attached hydrogens (tertiary/aromatic N) is 2. The minimum absolute atomic E-state index is 0.255. The van der Waals surface area contributed by atoms with Gasteiger partial charge in [0.05, 0.1) is 0 Å². The molecule has 1 aliphatic heterocycles. The van der Waals surface area contributed by atoms with Gasteiger partial charge in [0, 0.05) is 6.07 Å². The van der Waals surface area contributed by atoms with Crippen LogP contribution in [0, 0.1) is 0 Å². The van der Waals surface area contributed by atoms with Crippen molar-refractivity contribution >= 4 is 5.82 Å². The third-order valence-corrected chi connectivity index (χ3v) is 2.24. The zero-order valence-corrected chi connectivity index (χ0v) is 7.94. The first-order chi connectivity index (χ1) is 6.84. The highest BCUT2D eigenvalue weighted by Gasteiger charge is 2.14. The highest BCUT2D eigenvalue weighted by Crippen LogP contribution is 2.14. The summed E-state index contributed by atoms with van der Waals surface area (Å²) < 4.78 is 5.66. The molecule has 1 aromatic rings. The molecule has 0 saturated carbocycles. The zero-order valence-electron chi connectivity index (χ0n) is 7.94. The first-order valence-electron chi connectivity index (χ1n) is 4.79. The van der Waals surface area contributed by atoms with Gasteiger partial charge in [-0.15, -0.1) is 0 Å². The average molecular weight is 194 g/mol. The Hall–Kier alpha value is -1.36. The van der Waals surface area contributed by atoms with Crippen LogP contribution in [0.15, 0.2) is 12.4 Å². The van der Waals surface area contributed by atoms with Crippen molar-refractivity contribution in [3.63, 3.8) is 0 Å². The van der Waals surface area contributed by atoms with Crippen LogP contribution in [-0.4, -0.2) is 29.2 Å². The number of piperidine rings is 1. The summed E-state index contributed by atoms with van der Waals surface area (Å²) in [4.78, 5) is 7.81. The van der Waals surface area contributed by atoms with Crippen LogP contribution in [0.2, 0.25) is 0 Å². The van der Waals surface area contributed by atoms with Crippen molar-refractivity contribution in [1.82, 2.24) is 15.3 Å². The normalized spacial score (nSPS) is 18.0. The van der Waals surface area contributed by atoms with E-state index in [0.29, 0.717) is 11.7 Å². The van der Waals surface area contributed by atoms with Crippen molar-refractivity contribution in [2.45, 2.75) is 18.9 Å². The van der Waals surface area contributed by atoms with Gasteiger partial charge in [0.2, 0.25) is 5.88 Å². The average Bonchev–Trinajstić information content (AvgIpc) is 2.19. The molecule has 0 atom stereocenters. The van der Waals surface area contributed by atoms with Gasteiger partial charge < -0.3 is 15.8 Å². The third kappa shape index (κ3) is 2.32. The van der Waals surface area contributed by atoms with Crippen molar-refractivity contribution in [1.29, 1.82) is 0 Å². The van der Waals surface area contributed by atoms with E-state index in [2.05, 4.69) is 15.3 Å². The Balaban J connectivity index is 1.95. The minimum Gasteiger partial charge on any atom is -0.474 e. The number of anilines is 1. The number of hydrogen-bond acceptors (Lipinski definition) is 5. The molecule has 5 nitrogen and oxygen atoms in total. The van der Waals surface area contributed by atoms with Gasteiger partial charge in [-0.25, -0.2) is 9.97 Å². The maximum atomic E-state index is 5.66. The van der Waals surface area contributed by atoms with Crippen molar-refractivity contribution in [3.05, 3.63) is 12.4 Å². The molecule has 1 aromatic heterocycles. The van der Waals surface area contributed by atoms with E-state index in [9.17, 15) is 0 Å². The molecule has 14 heavy (non-hydrogen) atoms. The third-order valence-electron chi connectivity index (χ3n) is 2.24. The lowest BCUT2D eigenvalue weighted by Gasteiger charge is -2.23. The van der Waals surface area contributed by atoms with Crippen molar-refractivity contribution in [2.75, 3.05) is 18.8 Å². The molecule has 2 rings (SSSR count). The summed E-state index contributed by atoms with van der Waals surface area (Å²) in [6.07, 6.45) is 3.71. The molecule has 0 amide bonds. The standard InChI is InChI=1S/C9H14N4O/c10-8-5-9(13-6-12-8)14-7-1-3-11-4-2-7/h5-7,11H,1-4H2,(H2,10,12,13). The number of ether oxygens (including phenoxy) is 1. The molecule has 5 heteroatoms. The molecule has 0 bridgehead atoms. The fraction of sp³-hybridized carbons (Fsp3) is 0.556. The van der Waals surface area contributed by atoms with Crippen molar-refractivity contribution < 1.29 is 4.74 Å². The Bertz CT molecular complexity index is 299. The van der Waals surface area contributed by atoms with E-state index in [0.717, 1.165) is 25.9 Å². The van der Waals surface area contributed by atoms with E-state index >= 15 is 0 Å². The summed E-state index contributed by atoms with van der Waals surface area (Å²) in [7, 11) is 0. The molecule has 1 saturated heterocycles. The topological polar surface area (TPSA) is 73.1 Å². The van der Waals surface area contributed by atoms with E-state index in [1.807, 2.05) is 0 Å². The maximum absolute atomic E-state index is 5.66. The second-order valence-electron chi connectivity index (χ2n) is 3.35. The van der Waals surface area contributed by atoms with Gasteiger partial charge in [0.1, 0.15) is 18.2 Å². The fourth-order valence-electron chi connectivity index (χ4n) is 1.50. The lowest BCUT2D eigenvalue weighted by atomic mass is 10.1. The summed E-state index contributed by atoms with van der Waals surface area (Å²) in [5, 5.41) is 3.27. The lowest BCUT2D eigenvalue weighted by Crippen LogP contribution is -2.34. The van der Waals surface area contributed by atoms with Crippen LogP contribution in [0.1, 0.15) is 12.8 Å². The van der Waals surface area contributed by atoms with Crippen LogP contribution in [0.5, 0.6) is 5.88 Å². The van der Waals surface area contributed by atoms with Crippen LogP contribution in [0.4, 0.5) is 5.82 Å². The van der Waals surface area contributed by atoms with Crippen LogP contribution in [0.3, 0.4) is 0 Å². The quantitative estimate of drug-likeness (QED) is 0.703. The van der Waals surface area contributed by atoms with Gasteiger partial charge >= 0.3 is 0 Å². The summed E-state index contributed by atoms with van der Waals surface area (Å²) in [6.45, 7) is 2.01. The van der Waals surface area contributed by atoms with E-state index in [1.54, 1.807) is 6.07 Å². The molecule has 0 radical (unpaired) electrons. The molecular formula is C9H14N4O. The van der Waals surface area contributed by atoms with Gasteiger partial charge in [-0.3, -0.25) is 0 Å². The van der Waals surface area contributed by atoms with Crippen LogP contribution < -0.4 is 15.8 Å². The highest BCUT2D eigenvalue weighted by molar-refractivity contribution is 5.30. The van der Waals surface area contributed by atoms with Crippen molar-refractivity contribution in [2.24, 2.45) is 0 Å². The second-order valence-corrected chi connectivity index (χ2v) is 3.35. The number of nitrogens with one attached hydrogen (secondary N) is 1. The van der Waals surface area contributed by atoms with E-state index < -0.39 is 0 Å². The largest absolute Gasteiger partial charge is 0.474 e. The van der Waals surface area contributed by atoms with E-state index in [-0.39, 0.29) is 6.10 Å². The number of nitrogens with two attached hydrogens (primary N) is 1. The maximum Gasteiger partial charge on any atom is 0.218 e. The first-order valence-corrected chi connectivity index (χ1v) is 4.79. The van der Waals surface area contributed by atoms with Crippen LogP contribution in [0.25, 0.3) is 0 Å². The Morgan fingerprint density at radius 3 is 2.86 bits per heavy atom. The molecule has 3 N–H and O–H groups in total. The van der Waals surface area contributed by atoms with Gasteiger partial charge in [0.15, 0.2) is 0 Å². The first kappa shape index (κ1) is 9.21. The number of rotatable bonds is 2. The molecule has 1 fully saturated rings. The molecule has 0 aromatic carbocycles. The van der Waals surface area contributed by atoms with Gasteiger partial charge in [-0.05, 0) is 25.9 Å². The molecule has 2 heterocycles. The molecule has 0 aliphatic carbocycles. The molecular weight excluding hydrogens is 180 g/mol. The van der Waals surface area contributed by atoms with E-state index in [1.165, 1.54) is 6.33 Å².